The van der Waals surface area contributed by atoms with Gasteiger partial charge in [-0.25, -0.2) is 4.39 Å². The number of carbonyl (C=O) groups excluding carboxylic acids is 2. The summed E-state index contributed by atoms with van der Waals surface area (Å²) in [6, 6.07) is 15.4. The quantitative estimate of drug-likeness (QED) is 0.547. The van der Waals surface area contributed by atoms with E-state index in [2.05, 4.69) is 0 Å². The van der Waals surface area contributed by atoms with Crippen LogP contribution in [0.5, 0.6) is 5.75 Å². The molecule has 0 fully saturated rings. The first-order valence-electron chi connectivity index (χ1n) is 7.80. The van der Waals surface area contributed by atoms with Crippen LogP contribution in [0.4, 0.5) is 4.39 Å². The van der Waals surface area contributed by atoms with Gasteiger partial charge in [-0.15, -0.1) is 0 Å². The molecule has 0 aliphatic rings. The third-order valence-corrected chi connectivity index (χ3v) is 3.32. The Balaban J connectivity index is 1.60. The number of hydrogen-bond donors (Lipinski definition) is 0. The molecule has 0 spiro atoms. The van der Waals surface area contributed by atoms with Gasteiger partial charge < -0.3 is 9.47 Å². The van der Waals surface area contributed by atoms with Crippen LogP contribution in [0.1, 0.15) is 24.8 Å². The molecule has 0 N–H and O–H groups in total. The van der Waals surface area contributed by atoms with Crippen LogP contribution in [-0.4, -0.2) is 18.5 Å². The Morgan fingerprint density at radius 3 is 2.29 bits per heavy atom. The molecule has 0 radical (unpaired) electrons. The molecule has 5 heteroatoms. The minimum Gasteiger partial charge on any atom is -0.465 e. The third-order valence-electron chi connectivity index (χ3n) is 3.32. The molecule has 0 aromatic heterocycles. The molecule has 2 aromatic rings. The van der Waals surface area contributed by atoms with E-state index in [1.807, 2.05) is 30.3 Å². The molecule has 24 heavy (non-hydrogen) atoms. The summed E-state index contributed by atoms with van der Waals surface area (Å²) in [5.74, 6) is -1.62. The van der Waals surface area contributed by atoms with Gasteiger partial charge >= 0.3 is 11.9 Å². The van der Waals surface area contributed by atoms with E-state index in [1.54, 1.807) is 6.07 Å². The first-order valence-corrected chi connectivity index (χ1v) is 7.80. The minimum absolute atomic E-state index is 0.0299. The Kier molecular flexibility index (Phi) is 6.95. The number of halogens is 1. The molecule has 0 heterocycles. The zero-order valence-electron chi connectivity index (χ0n) is 13.2. The maximum absolute atomic E-state index is 13.3. The molecule has 0 saturated heterocycles. The van der Waals surface area contributed by atoms with E-state index in [0.29, 0.717) is 19.4 Å². The van der Waals surface area contributed by atoms with Crippen LogP contribution in [0.15, 0.2) is 54.6 Å². The van der Waals surface area contributed by atoms with Crippen LogP contribution < -0.4 is 4.74 Å². The van der Waals surface area contributed by atoms with Crippen molar-refractivity contribution in [2.24, 2.45) is 0 Å². The molecule has 0 bridgehead atoms. The van der Waals surface area contributed by atoms with Crippen molar-refractivity contribution < 1.29 is 23.5 Å². The second-order valence-corrected chi connectivity index (χ2v) is 5.21. The molecule has 2 aromatic carbocycles. The van der Waals surface area contributed by atoms with Crippen molar-refractivity contribution >= 4 is 11.9 Å². The van der Waals surface area contributed by atoms with E-state index in [9.17, 15) is 14.0 Å². The molecular formula is C19H19FO4. The van der Waals surface area contributed by atoms with Crippen LogP contribution in [-0.2, 0) is 20.7 Å². The number of ether oxygens (including phenoxy) is 2. The molecule has 0 saturated carbocycles. The van der Waals surface area contributed by atoms with Crippen LogP contribution in [0.2, 0.25) is 0 Å². The summed E-state index contributed by atoms with van der Waals surface area (Å²) in [6.07, 6.45) is 1.11. The summed E-state index contributed by atoms with van der Waals surface area (Å²) in [5, 5.41) is 0. The van der Waals surface area contributed by atoms with Gasteiger partial charge in [-0.3, -0.25) is 9.59 Å². The maximum atomic E-state index is 13.3. The Morgan fingerprint density at radius 2 is 1.54 bits per heavy atom. The van der Waals surface area contributed by atoms with Gasteiger partial charge in [0.25, 0.3) is 0 Å². The van der Waals surface area contributed by atoms with Gasteiger partial charge in [0.05, 0.1) is 6.61 Å². The maximum Gasteiger partial charge on any atom is 0.311 e. The average Bonchev–Trinajstić information content (AvgIpc) is 2.58. The van der Waals surface area contributed by atoms with E-state index >= 15 is 0 Å². The van der Waals surface area contributed by atoms with Crippen LogP contribution >= 0.6 is 0 Å². The highest BCUT2D eigenvalue weighted by Crippen LogP contribution is 2.16. The van der Waals surface area contributed by atoms with Crippen LogP contribution in [0.25, 0.3) is 0 Å². The van der Waals surface area contributed by atoms with E-state index in [4.69, 9.17) is 9.47 Å². The van der Waals surface area contributed by atoms with Gasteiger partial charge in [0.1, 0.15) is 0 Å². The number of benzene rings is 2. The van der Waals surface area contributed by atoms with E-state index in [0.717, 1.165) is 5.56 Å². The molecule has 4 nitrogen and oxygen atoms in total. The monoisotopic (exact) mass is 330 g/mol. The number of para-hydroxylation sites is 1. The molecule has 0 aliphatic carbocycles. The van der Waals surface area contributed by atoms with Crippen molar-refractivity contribution in [3.05, 3.63) is 66.0 Å². The van der Waals surface area contributed by atoms with Crippen molar-refractivity contribution in [2.75, 3.05) is 6.61 Å². The van der Waals surface area contributed by atoms with Crippen molar-refractivity contribution in [2.45, 2.75) is 25.7 Å². The van der Waals surface area contributed by atoms with Gasteiger partial charge in [-0.2, -0.15) is 0 Å². The number of rotatable bonds is 8. The van der Waals surface area contributed by atoms with Gasteiger partial charge in [0, 0.05) is 19.3 Å². The molecule has 2 rings (SSSR count). The summed E-state index contributed by atoms with van der Waals surface area (Å²) in [4.78, 5) is 23.2. The van der Waals surface area contributed by atoms with Gasteiger partial charge in [-0.05, 0) is 24.1 Å². The van der Waals surface area contributed by atoms with E-state index in [1.165, 1.54) is 18.2 Å². The Labute approximate surface area is 140 Å². The lowest BCUT2D eigenvalue weighted by atomic mass is 10.2. The largest absolute Gasteiger partial charge is 0.465 e. The normalized spacial score (nSPS) is 10.2. The van der Waals surface area contributed by atoms with Gasteiger partial charge in [0.15, 0.2) is 11.6 Å². The standard InChI is InChI=1S/C19H19FO4/c20-16-9-4-5-10-17(16)24-19(22)12-6-11-18(21)23-14-13-15-7-2-1-3-8-15/h1-5,7-10H,6,11-14H2. The second kappa shape index (κ2) is 9.45. The smallest absolute Gasteiger partial charge is 0.311 e. The Bertz CT molecular complexity index is 670. The highest BCUT2D eigenvalue weighted by atomic mass is 19.1. The molecule has 0 atom stereocenters. The predicted octanol–water partition coefficient (Wildman–Crippen LogP) is 3.69. The number of esters is 2. The number of hydrogen-bond acceptors (Lipinski definition) is 4. The first-order chi connectivity index (χ1) is 11.6. The minimum atomic E-state index is -0.592. The summed E-state index contributed by atoms with van der Waals surface area (Å²) in [7, 11) is 0. The lowest BCUT2D eigenvalue weighted by Gasteiger charge is -2.06. The van der Waals surface area contributed by atoms with Crippen molar-refractivity contribution in [1.29, 1.82) is 0 Å². The van der Waals surface area contributed by atoms with Gasteiger partial charge in [0.2, 0.25) is 0 Å². The molecule has 0 unspecified atom stereocenters. The molecule has 0 amide bonds. The summed E-state index contributed by atoms with van der Waals surface area (Å²) in [6.45, 7) is 0.308. The summed E-state index contributed by atoms with van der Waals surface area (Å²) in [5.41, 5.74) is 1.10. The van der Waals surface area contributed by atoms with Crippen molar-refractivity contribution in [1.82, 2.24) is 0 Å². The highest BCUT2D eigenvalue weighted by Gasteiger charge is 2.10. The van der Waals surface area contributed by atoms with E-state index in [-0.39, 0.29) is 24.6 Å². The van der Waals surface area contributed by atoms with Crippen molar-refractivity contribution in [3.63, 3.8) is 0 Å². The fraction of sp³-hybridized carbons (Fsp3) is 0.263. The van der Waals surface area contributed by atoms with Crippen LogP contribution in [0, 0.1) is 5.82 Å². The van der Waals surface area contributed by atoms with Gasteiger partial charge in [-0.1, -0.05) is 42.5 Å². The third kappa shape index (κ3) is 6.20. The van der Waals surface area contributed by atoms with Crippen LogP contribution in [0.3, 0.4) is 0 Å². The highest BCUT2D eigenvalue weighted by molar-refractivity contribution is 5.74. The van der Waals surface area contributed by atoms with E-state index < -0.39 is 11.8 Å². The summed E-state index contributed by atoms with van der Waals surface area (Å²) < 4.78 is 23.3. The number of carbonyl (C=O) groups is 2. The fourth-order valence-electron chi connectivity index (χ4n) is 2.08. The topological polar surface area (TPSA) is 52.6 Å². The Morgan fingerprint density at radius 1 is 0.875 bits per heavy atom. The zero-order chi connectivity index (χ0) is 17.2. The predicted molar refractivity (Wildman–Crippen MR) is 87.0 cm³/mol. The Hall–Kier alpha value is -2.69. The average molecular weight is 330 g/mol. The zero-order valence-corrected chi connectivity index (χ0v) is 13.2. The van der Waals surface area contributed by atoms with Crippen molar-refractivity contribution in [3.8, 4) is 5.75 Å². The molecule has 126 valence electrons. The fourth-order valence-corrected chi connectivity index (χ4v) is 2.08. The second-order valence-electron chi connectivity index (χ2n) is 5.21. The lowest BCUT2D eigenvalue weighted by Crippen LogP contribution is -2.11. The first kappa shape index (κ1) is 17.7. The summed E-state index contributed by atoms with van der Waals surface area (Å²) >= 11 is 0. The SMILES string of the molecule is O=C(CCCC(=O)Oc1ccccc1F)OCCc1ccccc1. The molecular weight excluding hydrogens is 311 g/mol. The lowest BCUT2D eigenvalue weighted by molar-refractivity contribution is -0.143. The molecule has 0 aliphatic heterocycles.